The summed E-state index contributed by atoms with van der Waals surface area (Å²) in [6.45, 7) is -1.09. The van der Waals surface area contributed by atoms with Crippen LogP contribution in [0.1, 0.15) is 11.1 Å². The second-order valence-corrected chi connectivity index (χ2v) is 6.12. The number of halogens is 3. The third-order valence-electron chi connectivity index (χ3n) is 4.20. The van der Waals surface area contributed by atoms with Gasteiger partial charge >= 0.3 is 12.2 Å². The molecule has 3 aromatic rings. The molecule has 0 amide bonds. The van der Waals surface area contributed by atoms with Crippen LogP contribution in [-0.2, 0) is 6.54 Å². The maximum absolute atomic E-state index is 13.2. The molecule has 0 aliphatic heterocycles. The van der Waals surface area contributed by atoms with Crippen molar-refractivity contribution in [3.05, 3.63) is 76.0 Å². The Morgan fingerprint density at radius 2 is 1.86 bits per heavy atom. The van der Waals surface area contributed by atoms with Gasteiger partial charge in [0.2, 0.25) is 11.7 Å². The fraction of sp³-hybridized carbons (Fsp3) is 0.200. The second-order valence-electron chi connectivity index (χ2n) is 6.12. The SMILES string of the molecule is COc1cn(Cc2ccc(F)cc2)c(Nc2cccc(OC(F)F)c2C)nc1=O. The van der Waals surface area contributed by atoms with Crippen molar-refractivity contribution in [3.8, 4) is 11.5 Å². The average Bonchev–Trinajstić information content (AvgIpc) is 2.68. The van der Waals surface area contributed by atoms with Gasteiger partial charge in [0.1, 0.15) is 11.6 Å². The summed E-state index contributed by atoms with van der Waals surface area (Å²) in [5, 5.41) is 2.98. The largest absolute Gasteiger partial charge is 0.490 e. The van der Waals surface area contributed by atoms with Gasteiger partial charge in [-0.1, -0.05) is 18.2 Å². The molecule has 0 bridgehead atoms. The Hall–Kier alpha value is -3.49. The molecule has 6 nitrogen and oxygen atoms in total. The summed E-state index contributed by atoms with van der Waals surface area (Å²) >= 11 is 0. The summed E-state index contributed by atoms with van der Waals surface area (Å²) in [5.74, 6) is -0.165. The topological polar surface area (TPSA) is 65.4 Å². The van der Waals surface area contributed by atoms with E-state index in [9.17, 15) is 18.0 Å². The van der Waals surface area contributed by atoms with E-state index in [4.69, 9.17) is 4.74 Å². The molecule has 0 saturated carbocycles. The minimum absolute atomic E-state index is 0.00550. The number of methoxy groups -OCH3 is 1. The van der Waals surface area contributed by atoms with Crippen molar-refractivity contribution in [2.45, 2.75) is 20.1 Å². The first-order chi connectivity index (χ1) is 13.9. The van der Waals surface area contributed by atoms with Crippen molar-refractivity contribution >= 4 is 11.6 Å². The maximum Gasteiger partial charge on any atom is 0.387 e. The molecule has 0 unspecified atom stereocenters. The van der Waals surface area contributed by atoms with E-state index in [-0.39, 0.29) is 29.8 Å². The van der Waals surface area contributed by atoms with Gasteiger partial charge in [-0.25, -0.2) is 4.39 Å². The summed E-state index contributed by atoms with van der Waals surface area (Å²) in [6, 6.07) is 10.5. The molecule has 0 saturated heterocycles. The standard InChI is InChI=1S/C20H18F3N3O3/c1-12-15(4-3-5-16(12)29-19(22)23)24-20-25-18(27)17(28-2)11-26(20)10-13-6-8-14(21)9-7-13/h3-9,11,19H,10H2,1-2H3,(H,24,25,27). The molecular formula is C20H18F3N3O3. The summed E-state index contributed by atoms with van der Waals surface area (Å²) in [4.78, 5) is 16.1. The van der Waals surface area contributed by atoms with Gasteiger partial charge in [-0.05, 0) is 36.8 Å². The highest BCUT2D eigenvalue weighted by Gasteiger charge is 2.14. The highest BCUT2D eigenvalue weighted by atomic mass is 19.3. The number of rotatable bonds is 7. The zero-order valence-corrected chi connectivity index (χ0v) is 15.7. The molecule has 1 N–H and O–H groups in total. The normalized spacial score (nSPS) is 10.8. The molecular weight excluding hydrogens is 387 g/mol. The number of hydrogen-bond acceptors (Lipinski definition) is 5. The van der Waals surface area contributed by atoms with E-state index in [1.807, 2.05) is 0 Å². The fourth-order valence-corrected chi connectivity index (χ4v) is 2.71. The van der Waals surface area contributed by atoms with Crippen LogP contribution in [0.2, 0.25) is 0 Å². The van der Waals surface area contributed by atoms with E-state index in [0.717, 1.165) is 5.56 Å². The van der Waals surface area contributed by atoms with E-state index >= 15 is 0 Å². The molecule has 2 aromatic carbocycles. The van der Waals surface area contributed by atoms with Crippen molar-refractivity contribution in [2.75, 3.05) is 12.4 Å². The summed E-state index contributed by atoms with van der Waals surface area (Å²) in [7, 11) is 1.35. The quantitative estimate of drug-likeness (QED) is 0.641. The number of anilines is 2. The van der Waals surface area contributed by atoms with Crippen molar-refractivity contribution in [1.29, 1.82) is 0 Å². The number of alkyl halides is 2. The Bertz CT molecular complexity index is 1050. The Kier molecular flexibility index (Phi) is 6.06. The van der Waals surface area contributed by atoms with Gasteiger partial charge in [-0.15, -0.1) is 0 Å². The molecule has 0 radical (unpaired) electrons. The number of nitrogens with zero attached hydrogens (tertiary/aromatic N) is 2. The van der Waals surface area contributed by atoms with Crippen LogP contribution in [0.15, 0.2) is 53.5 Å². The molecule has 152 valence electrons. The first-order valence-corrected chi connectivity index (χ1v) is 8.58. The molecule has 9 heteroatoms. The zero-order chi connectivity index (χ0) is 21.0. The van der Waals surface area contributed by atoms with E-state index in [2.05, 4.69) is 15.0 Å². The summed E-state index contributed by atoms with van der Waals surface area (Å²) < 4.78 is 49.5. The Balaban J connectivity index is 1.99. The van der Waals surface area contributed by atoms with E-state index in [1.165, 1.54) is 31.5 Å². The number of ether oxygens (including phenoxy) is 2. The Labute approximate surface area is 164 Å². The minimum Gasteiger partial charge on any atom is -0.490 e. The van der Waals surface area contributed by atoms with Crippen molar-refractivity contribution in [3.63, 3.8) is 0 Å². The average molecular weight is 405 g/mol. The lowest BCUT2D eigenvalue weighted by atomic mass is 10.2. The van der Waals surface area contributed by atoms with Crippen LogP contribution >= 0.6 is 0 Å². The van der Waals surface area contributed by atoms with Gasteiger partial charge in [0, 0.05) is 11.3 Å². The van der Waals surface area contributed by atoms with Crippen molar-refractivity contribution < 1.29 is 22.6 Å². The molecule has 0 atom stereocenters. The minimum atomic E-state index is -2.96. The maximum atomic E-state index is 13.2. The van der Waals surface area contributed by atoms with Crippen molar-refractivity contribution in [2.24, 2.45) is 0 Å². The van der Waals surface area contributed by atoms with Gasteiger partial charge < -0.3 is 19.4 Å². The van der Waals surface area contributed by atoms with Gasteiger partial charge in [0.15, 0.2) is 0 Å². The summed E-state index contributed by atoms with van der Waals surface area (Å²) in [6.07, 6.45) is 1.47. The molecule has 1 aromatic heterocycles. The monoisotopic (exact) mass is 405 g/mol. The van der Waals surface area contributed by atoms with Crippen LogP contribution in [0.4, 0.5) is 24.8 Å². The van der Waals surface area contributed by atoms with Crippen LogP contribution in [0.25, 0.3) is 0 Å². The van der Waals surface area contributed by atoms with Crippen LogP contribution in [0, 0.1) is 12.7 Å². The second kappa shape index (κ2) is 8.68. The van der Waals surface area contributed by atoms with Crippen LogP contribution in [0.3, 0.4) is 0 Å². The van der Waals surface area contributed by atoms with Crippen LogP contribution in [-0.4, -0.2) is 23.3 Å². The lowest BCUT2D eigenvalue weighted by Gasteiger charge is -2.17. The molecule has 3 rings (SSSR count). The third-order valence-corrected chi connectivity index (χ3v) is 4.20. The molecule has 0 aliphatic rings. The van der Waals surface area contributed by atoms with E-state index < -0.39 is 12.2 Å². The van der Waals surface area contributed by atoms with Gasteiger partial charge in [0.05, 0.1) is 19.9 Å². The van der Waals surface area contributed by atoms with Crippen LogP contribution in [0.5, 0.6) is 11.5 Å². The first kappa shape index (κ1) is 20.2. The zero-order valence-electron chi connectivity index (χ0n) is 15.7. The van der Waals surface area contributed by atoms with Gasteiger partial charge in [-0.2, -0.15) is 13.8 Å². The highest BCUT2D eigenvalue weighted by molar-refractivity contribution is 5.62. The van der Waals surface area contributed by atoms with Gasteiger partial charge in [-0.3, -0.25) is 4.79 Å². The third kappa shape index (κ3) is 4.87. The van der Waals surface area contributed by atoms with E-state index in [0.29, 0.717) is 11.3 Å². The smallest absolute Gasteiger partial charge is 0.387 e. The number of benzene rings is 2. The lowest BCUT2D eigenvalue weighted by molar-refractivity contribution is -0.0502. The predicted octanol–water partition coefficient (Wildman–Crippen LogP) is 4.09. The molecule has 0 fully saturated rings. The number of nitrogens with one attached hydrogen (secondary N) is 1. The Morgan fingerprint density at radius 3 is 2.52 bits per heavy atom. The summed E-state index contributed by atoms with van der Waals surface area (Å²) in [5.41, 5.74) is 1.02. The Morgan fingerprint density at radius 1 is 1.14 bits per heavy atom. The van der Waals surface area contributed by atoms with Crippen LogP contribution < -0.4 is 20.3 Å². The van der Waals surface area contributed by atoms with Gasteiger partial charge in [0.25, 0.3) is 0 Å². The highest BCUT2D eigenvalue weighted by Crippen LogP contribution is 2.29. The van der Waals surface area contributed by atoms with Crippen molar-refractivity contribution in [1.82, 2.24) is 9.55 Å². The molecule has 29 heavy (non-hydrogen) atoms. The van der Waals surface area contributed by atoms with E-state index in [1.54, 1.807) is 35.8 Å². The molecule has 1 heterocycles. The number of hydrogen-bond donors (Lipinski definition) is 1. The fourth-order valence-electron chi connectivity index (χ4n) is 2.71. The first-order valence-electron chi connectivity index (χ1n) is 8.58. The molecule has 0 aliphatic carbocycles. The predicted molar refractivity (Wildman–Crippen MR) is 102 cm³/mol. The lowest BCUT2D eigenvalue weighted by Crippen LogP contribution is -2.19. The molecule has 0 spiro atoms. The number of aromatic nitrogens is 2.